The molecule has 0 aromatic heterocycles. The van der Waals surface area contributed by atoms with Gasteiger partial charge in [0, 0.05) is 18.1 Å². The molecular weight excluding hydrogens is 433 g/mol. The number of nitrogens with one attached hydrogen (secondary N) is 1. The van der Waals surface area contributed by atoms with E-state index in [1.807, 2.05) is 0 Å². The third kappa shape index (κ3) is 5.70. The maximum absolute atomic E-state index is 14.3. The zero-order valence-corrected chi connectivity index (χ0v) is 16.4. The van der Waals surface area contributed by atoms with E-state index < -0.39 is 51.6 Å². The smallest absolute Gasteiger partial charge is 0.384 e. The number of aliphatic hydroxyl groups excluding tert-OH is 1. The molecule has 0 saturated heterocycles. The van der Waals surface area contributed by atoms with Crippen LogP contribution < -0.4 is 4.72 Å². The van der Waals surface area contributed by atoms with Crippen LogP contribution in [0.4, 0.5) is 22.0 Å². The lowest BCUT2D eigenvalue weighted by molar-refractivity contribution is -0.209. The molecule has 0 radical (unpaired) electrons. The molecule has 1 aromatic rings. The van der Waals surface area contributed by atoms with Crippen LogP contribution in [0.5, 0.6) is 0 Å². The van der Waals surface area contributed by atoms with Crippen molar-refractivity contribution >= 4 is 26.9 Å². The summed E-state index contributed by atoms with van der Waals surface area (Å²) in [7, 11) is -1.87. The highest BCUT2D eigenvalue weighted by Crippen LogP contribution is 2.36. The molecule has 0 amide bonds. The minimum absolute atomic E-state index is 0.167. The Labute approximate surface area is 153 Å². The Morgan fingerprint density at radius 3 is 2.12 bits per heavy atom. The zero-order chi connectivity index (χ0) is 19.8. The number of rotatable bonds is 5. The molecule has 1 aromatic carbocycles. The predicted molar refractivity (Wildman–Crippen MR) is 89.1 cm³/mol. The van der Waals surface area contributed by atoms with Crippen LogP contribution in [0.3, 0.4) is 0 Å². The van der Waals surface area contributed by atoms with Gasteiger partial charge in [0.2, 0.25) is 0 Å². The van der Waals surface area contributed by atoms with Crippen LogP contribution >= 0.6 is 15.9 Å². The number of halogens is 6. The molecule has 0 spiro atoms. The van der Waals surface area contributed by atoms with Gasteiger partial charge in [-0.15, -0.1) is 0 Å². The van der Waals surface area contributed by atoms with Crippen LogP contribution in [0.1, 0.15) is 39.7 Å². The van der Waals surface area contributed by atoms with Crippen molar-refractivity contribution in [1.29, 1.82) is 0 Å². The summed E-state index contributed by atoms with van der Waals surface area (Å²) in [6.45, 7) is 5.91. The first kappa shape index (κ1) is 22.5. The highest BCUT2D eigenvalue weighted by atomic mass is 79.9. The maximum atomic E-state index is 14.3. The predicted octanol–water partition coefficient (Wildman–Crippen LogP) is 4.31. The fourth-order valence-corrected chi connectivity index (χ4v) is 3.26. The second-order valence-corrected chi connectivity index (χ2v) is 9.64. The Bertz CT molecular complexity index is 663. The monoisotopic (exact) mass is 451 g/mol. The van der Waals surface area contributed by atoms with Crippen molar-refractivity contribution in [3.63, 3.8) is 0 Å². The summed E-state index contributed by atoms with van der Waals surface area (Å²) in [5.41, 5.74) is -2.21. The molecule has 0 fully saturated rings. The largest absolute Gasteiger partial charge is 0.414 e. The van der Waals surface area contributed by atoms with E-state index in [4.69, 9.17) is 0 Å². The van der Waals surface area contributed by atoms with Gasteiger partial charge in [-0.2, -0.15) is 13.2 Å². The van der Waals surface area contributed by atoms with E-state index in [1.165, 1.54) is 6.92 Å². The summed E-state index contributed by atoms with van der Waals surface area (Å²) < 4.78 is 79.9. The molecule has 1 rings (SSSR count). The van der Waals surface area contributed by atoms with Crippen molar-refractivity contribution in [2.75, 3.05) is 0 Å². The van der Waals surface area contributed by atoms with E-state index in [2.05, 4.69) is 20.7 Å². The second-order valence-electron chi connectivity index (χ2n) is 6.82. The minimum Gasteiger partial charge on any atom is -0.384 e. The summed E-state index contributed by atoms with van der Waals surface area (Å²) in [5.74, 6) is -2.05. The van der Waals surface area contributed by atoms with E-state index in [0.29, 0.717) is 6.07 Å². The lowest BCUT2D eigenvalue weighted by atomic mass is 9.86. The van der Waals surface area contributed by atoms with Crippen molar-refractivity contribution in [2.24, 2.45) is 0 Å². The highest BCUT2D eigenvalue weighted by molar-refractivity contribution is 9.10. The van der Waals surface area contributed by atoms with Gasteiger partial charge in [-0.25, -0.2) is 17.7 Å². The van der Waals surface area contributed by atoms with Crippen LogP contribution in [0.25, 0.3) is 0 Å². The SMILES string of the molecule is CC(C)(C)[S@@](=O)N[C@@](C)(C[C@H](O)C(F)(F)F)c1cc(Br)c(F)cc1F. The molecule has 144 valence electrons. The lowest BCUT2D eigenvalue weighted by Gasteiger charge is -2.36. The molecular formula is C15H19BrF5NO2S. The summed E-state index contributed by atoms with van der Waals surface area (Å²) in [4.78, 5) is 0. The molecule has 0 saturated carbocycles. The number of hydrogen-bond acceptors (Lipinski definition) is 2. The fraction of sp³-hybridized carbons (Fsp3) is 0.600. The Kier molecular flexibility index (Phi) is 6.81. The Balaban J connectivity index is 3.42. The average Bonchev–Trinajstić information content (AvgIpc) is 2.40. The quantitative estimate of drug-likeness (QED) is 0.517. The van der Waals surface area contributed by atoms with E-state index in [9.17, 15) is 31.3 Å². The van der Waals surface area contributed by atoms with Crippen LogP contribution in [-0.4, -0.2) is 26.3 Å². The van der Waals surface area contributed by atoms with Crippen molar-refractivity contribution in [2.45, 2.75) is 56.7 Å². The number of hydrogen-bond donors (Lipinski definition) is 2. The molecule has 2 N–H and O–H groups in total. The first-order chi connectivity index (χ1) is 11.1. The highest BCUT2D eigenvalue weighted by Gasteiger charge is 2.45. The van der Waals surface area contributed by atoms with Gasteiger partial charge in [0.05, 0.1) is 25.7 Å². The molecule has 10 heteroatoms. The first-order valence-electron chi connectivity index (χ1n) is 7.17. The molecule has 0 bridgehead atoms. The van der Waals surface area contributed by atoms with Crippen LogP contribution in [-0.2, 0) is 16.5 Å². The van der Waals surface area contributed by atoms with Gasteiger partial charge in [0.15, 0.2) is 6.10 Å². The molecule has 0 unspecified atom stereocenters. The van der Waals surface area contributed by atoms with Crippen molar-refractivity contribution < 1.29 is 31.3 Å². The van der Waals surface area contributed by atoms with Gasteiger partial charge in [-0.05, 0) is 49.7 Å². The van der Waals surface area contributed by atoms with Gasteiger partial charge < -0.3 is 5.11 Å². The first-order valence-corrected chi connectivity index (χ1v) is 9.12. The summed E-state index contributed by atoms with van der Waals surface area (Å²) in [6, 6.07) is 1.49. The number of benzene rings is 1. The van der Waals surface area contributed by atoms with Gasteiger partial charge in [0.25, 0.3) is 0 Å². The number of aliphatic hydroxyl groups is 1. The van der Waals surface area contributed by atoms with Gasteiger partial charge in [0.1, 0.15) is 11.6 Å². The normalized spacial score (nSPS) is 17.9. The van der Waals surface area contributed by atoms with Gasteiger partial charge in [-0.3, -0.25) is 0 Å². The van der Waals surface area contributed by atoms with Gasteiger partial charge >= 0.3 is 6.18 Å². The molecule has 25 heavy (non-hydrogen) atoms. The van der Waals surface area contributed by atoms with E-state index in [0.717, 1.165) is 6.07 Å². The average molecular weight is 452 g/mol. The molecule has 3 nitrogen and oxygen atoms in total. The maximum Gasteiger partial charge on any atom is 0.414 e. The molecule has 0 aliphatic heterocycles. The van der Waals surface area contributed by atoms with Crippen LogP contribution in [0.2, 0.25) is 0 Å². The van der Waals surface area contributed by atoms with Crippen LogP contribution in [0.15, 0.2) is 16.6 Å². The fourth-order valence-electron chi connectivity index (χ4n) is 2.01. The Hall–Kier alpha value is -0.580. The summed E-state index contributed by atoms with van der Waals surface area (Å²) >= 11 is 2.85. The summed E-state index contributed by atoms with van der Waals surface area (Å²) in [6.07, 6.45) is -8.74. The van der Waals surface area contributed by atoms with Gasteiger partial charge in [-0.1, -0.05) is 0 Å². The zero-order valence-electron chi connectivity index (χ0n) is 14.0. The molecule has 0 aliphatic carbocycles. The summed E-state index contributed by atoms with van der Waals surface area (Å²) in [5, 5.41) is 9.44. The molecule has 0 aliphatic rings. The van der Waals surface area contributed by atoms with Crippen molar-refractivity contribution in [1.82, 2.24) is 4.72 Å². The Morgan fingerprint density at radius 1 is 1.16 bits per heavy atom. The third-order valence-corrected chi connectivity index (χ3v) is 5.81. The third-order valence-electron chi connectivity index (χ3n) is 3.46. The number of alkyl halides is 3. The van der Waals surface area contributed by atoms with Crippen molar-refractivity contribution in [3.05, 3.63) is 33.8 Å². The van der Waals surface area contributed by atoms with Crippen molar-refractivity contribution in [3.8, 4) is 0 Å². The topological polar surface area (TPSA) is 49.3 Å². The molecule has 0 heterocycles. The van der Waals surface area contributed by atoms with Crippen LogP contribution in [0, 0.1) is 11.6 Å². The Morgan fingerprint density at radius 2 is 1.68 bits per heavy atom. The van der Waals surface area contributed by atoms with E-state index in [-0.39, 0.29) is 10.0 Å². The second kappa shape index (κ2) is 7.58. The minimum atomic E-state index is -4.94. The van der Waals surface area contributed by atoms with E-state index in [1.54, 1.807) is 20.8 Å². The lowest BCUT2D eigenvalue weighted by Crippen LogP contribution is -2.50. The standard InChI is InChI=1S/C15H19BrF5NO2S/c1-13(2,3)25(24)22-14(4,7-12(23)15(19,20)21)8-5-9(16)11(18)6-10(8)17/h5-6,12,22-23H,7H2,1-4H3/t12-,14-,25+/m0/s1. The van der Waals surface area contributed by atoms with E-state index >= 15 is 0 Å². The molecule has 3 atom stereocenters.